The molecule has 0 saturated carbocycles. The van der Waals surface area contributed by atoms with Crippen LogP contribution in [-0.2, 0) is 0 Å². The minimum absolute atomic E-state index is 0.00699. The molecule has 3 nitrogen and oxygen atoms in total. The quantitative estimate of drug-likeness (QED) is 0.876. The van der Waals surface area contributed by atoms with Gasteiger partial charge in [-0.15, -0.1) is 0 Å². The minimum Gasteiger partial charge on any atom is -0.323 e. The lowest BCUT2D eigenvalue weighted by Crippen LogP contribution is -2.29. The lowest BCUT2D eigenvalue weighted by Gasteiger charge is -2.13. The Morgan fingerprint density at radius 2 is 1.94 bits per heavy atom. The Kier molecular flexibility index (Phi) is 3.47. The maximum atomic E-state index is 11.8. The van der Waals surface area contributed by atoms with Gasteiger partial charge in [-0.3, -0.25) is 4.79 Å². The maximum Gasteiger partial charge on any atom is 0.269 e. The highest BCUT2D eigenvalue weighted by molar-refractivity contribution is 5.78. The fourth-order valence-corrected chi connectivity index (χ4v) is 1.81. The SMILES string of the molecule is CC(C)CCNn1c(=O)ccc2ccccc21. The summed E-state index contributed by atoms with van der Waals surface area (Å²) in [5.41, 5.74) is 4.12. The fraction of sp³-hybridized carbons (Fsp3) is 0.357. The third-order valence-corrected chi connectivity index (χ3v) is 2.80. The Balaban J connectivity index is 2.31. The van der Waals surface area contributed by atoms with Crippen LogP contribution < -0.4 is 11.0 Å². The van der Waals surface area contributed by atoms with Gasteiger partial charge in [-0.2, -0.15) is 0 Å². The highest BCUT2D eigenvalue weighted by Crippen LogP contribution is 2.09. The average molecular weight is 230 g/mol. The summed E-state index contributed by atoms with van der Waals surface area (Å²) >= 11 is 0. The molecule has 90 valence electrons. The molecule has 0 aliphatic rings. The molecule has 1 aromatic carbocycles. The number of fused-ring (bicyclic) bond motifs is 1. The van der Waals surface area contributed by atoms with Gasteiger partial charge in [0.05, 0.1) is 5.52 Å². The molecule has 0 spiro atoms. The van der Waals surface area contributed by atoms with Crippen LogP contribution in [0.3, 0.4) is 0 Å². The fourth-order valence-electron chi connectivity index (χ4n) is 1.81. The van der Waals surface area contributed by atoms with Crippen LogP contribution in [0.4, 0.5) is 0 Å². The average Bonchev–Trinajstić information content (AvgIpc) is 2.32. The zero-order valence-corrected chi connectivity index (χ0v) is 10.3. The molecule has 2 rings (SSSR count). The molecular formula is C14H18N2O. The first-order chi connectivity index (χ1) is 8.18. The van der Waals surface area contributed by atoms with Gasteiger partial charge in [0.15, 0.2) is 0 Å². The molecule has 0 atom stereocenters. The van der Waals surface area contributed by atoms with Gasteiger partial charge in [-0.05, 0) is 24.5 Å². The van der Waals surface area contributed by atoms with E-state index in [0.717, 1.165) is 23.9 Å². The van der Waals surface area contributed by atoms with E-state index < -0.39 is 0 Å². The highest BCUT2D eigenvalue weighted by atomic mass is 16.1. The number of hydrogen-bond donors (Lipinski definition) is 1. The lowest BCUT2D eigenvalue weighted by atomic mass is 10.1. The van der Waals surface area contributed by atoms with Gasteiger partial charge in [0.1, 0.15) is 0 Å². The van der Waals surface area contributed by atoms with Crippen molar-refractivity contribution in [3.63, 3.8) is 0 Å². The summed E-state index contributed by atoms with van der Waals surface area (Å²) < 4.78 is 1.64. The van der Waals surface area contributed by atoms with Crippen molar-refractivity contribution < 1.29 is 0 Å². The topological polar surface area (TPSA) is 34.0 Å². The molecule has 0 fully saturated rings. The second-order valence-corrected chi connectivity index (χ2v) is 4.66. The van der Waals surface area contributed by atoms with Crippen molar-refractivity contribution in [2.45, 2.75) is 20.3 Å². The Bertz CT molecular complexity index is 557. The van der Waals surface area contributed by atoms with Crippen molar-refractivity contribution in [3.8, 4) is 0 Å². The highest BCUT2D eigenvalue weighted by Gasteiger charge is 2.01. The molecule has 0 saturated heterocycles. The van der Waals surface area contributed by atoms with Crippen molar-refractivity contribution in [2.24, 2.45) is 5.92 Å². The van der Waals surface area contributed by atoms with Crippen LogP contribution in [-0.4, -0.2) is 11.2 Å². The summed E-state index contributed by atoms with van der Waals surface area (Å²) in [5.74, 6) is 0.633. The standard InChI is InChI=1S/C14H18N2O/c1-11(2)9-10-15-16-13-6-4-3-5-12(13)7-8-14(16)17/h3-8,11,15H,9-10H2,1-2H3. The molecule has 2 aromatic rings. The van der Waals surface area contributed by atoms with E-state index in [1.807, 2.05) is 30.3 Å². The molecule has 1 N–H and O–H groups in total. The molecule has 3 heteroatoms. The van der Waals surface area contributed by atoms with E-state index in [-0.39, 0.29) is 5.56 Å². The molecular weight excluding hydrogens is 212 g/mol. The largest absolute Gasteiger partial charge is 0.323 e. The normalized spacial score (nSPS) is 11.0. The number of aromatic nitrogens is 1. The Labute approximate surface area is 101 Å². The van der Waals surface area contributed by atoms with Crippen molar-refractivity contribution in [3.05, 3.63) is 46.8 Å². The molecule has 0 aliphatic heterocycles. The monoisotopic (exact) mass is 230 g/mol. The second kappa shape index (κ2) is 5.04. The Morgan fingerprint density at radius 1 is 1.18 bits per heavy atom. The Morgan fingerprint density at radius 3 is 2.71 bits per heavy atom. The maximum absolute atomic E-state index is 11.8. The summed E-state index contributed by atoms with van der Waals surface area (Å²) in [7, 11) is 0. The summed E-state index contributed by atoms with van der Waals surface area (Å²) in [6.07, 6.45) is 1.05. The number of benzene rings is 1. The summed E-state index contributed by atoms with van der Waals surface area (Å²) in [5, 5.41) is 1.07. The number of nitrogens with one attached hydrogen (secondary N) is 1. The molecule has 0 unspecified atom stereocenters. The summed E-state index contributed by atoms with van der Waals surface area (Å²) in [4.78, 5) is 11.8. The van der Waals surface area contributed by atoms with E-state index in [1.54, 1.807) is 10.7 Å². The zero-order valence-electron chi connectivity index (χ0n) is 10.3. The predicted molar refractivity (Wildman–Crippen MR) is 71.9 cm³/mol. The first-order valence-electron chi connectivity index (χ1n) is 6.03. The van der Waals surface area contributed by atoms with Crippen molar-refractivity contribution in [1.82, 2.24) is 4.68 Å². The first kappa shape index (κ1) is 11.7. The number of pyridine rings is 1. The molecule has 0 bridgehead atoms. The van der Waals surface area contributed by atoms with Crippen molar-refractivity contribution >= 4 is 10.9 Å². The van der Waals surface area contributed by atoms with E-state index in [4.69, 9.17) is 0 Å². The summed E-state index contributed by atoms with van der Waals surface area (Å²) in [6, 6.07) is 11.4. The number of nitrogens with zero attached hydrogens (tertiary/aromatic N) is 1. The van der Waals surface area contributed by atoms with Gasteiger partial charge >= 0.3 is 0 Å². The molecule has 1 aromatic heterocycles. The van der Waals surface area contributed by atoms with E-state index in [1.165, 1.54) is 0 Å². The van der Waals surface area contributed by atoms with Gasteiger partial charge in [0, 0.05) is 18.0 Å². The van der Waals surface area contributed by atoms with Crippen LogP contribution in [0.1, 0.15) is 20.3 Å². The third-order valence-electron chi connectivity index (χ3n) is 2.80. The van der Waals surface area contributed by atoms with E-state index in [9.17, 15) is 4.79 Å². The predicted octanol–water partition coefficient (Wildman–Crippen LogP) is 2.59. The number of hydrogen-bond acceptors (Lipinski definition) is 2. The Hall–Kier alpha value is -1.77. The lowest BCUT2D eigenvalue weighted by molar-refractivity contribution is 0.588. The van der Waals surface area contributed by atoms with Crippen LogP contribution in [0.15, 0.2) is 41.2 Å². The van der Waals surface area contributed by atoms with Crippen molar-refractivity contribution in [2.75, 3.05) is 12.0 Å². The zero-order chi connectivity index (χ0) is 12.3. The smallest absolute Gasteiger partial charge is 0.269 e. The number of para-hydroxylation sites is 1. The van der Waals surface area contributed by atoms with E-state index in [2.05, 4.69) is 19.3 Å². The van der Waals surface area contributed by atoms with Gasteiger partial charge in [0.2, 0.25) is 0 Å². The first-order valence-corrected chi connectivity index (χ1v) is 6.03. The van der Waals surface area contributed by atoms with Gasteiger partial charge in [-0.25, -0.2) is 4.68 Å². The van der Waals surface area contributed by atoms with Crippen LogP contribution in [0, 0.1) is 5.92 Å². The molecule has 0 aliphatic carbocycles. The summed E-state index contributed by atoms with van der Waals surface area (Å²) in [6.45, 7) is 5.16. The van der Waals surface area contributed by atoms with Crippen LogP contribution in [0.2, 0.25) is 0 Å². The van der Waals surface area contributed by atoms with Crippen LogP contribution in [0.5, 0.6) is 0 Å². The van der Waals surface area contributed by atoms with Crippen molar-refractivity contribution in [1.29, 1.82) is 0 Å². The molecule has 0 amide bonds. The van der Waals surface area contributed by atoms with E-state index in [0.29, 0.717) is 5.92 Å². The molecule has 1 heterocycles. The molecule has 0 radical (unpaired) electrons. The van der Waals surface area contributed by atoms with E-state index >= 15 is 0 Å². The third kappa shape index (κ3) is 2.67. The van der Waals surface area contributed by atoms with Gasteiger partial charge < -0.3 is 5.43 Å². The number of rotatable bonds is 4. The second-order valence-electron chi connectivity index (χ2n) is 4.66. The minimum atomic E-state index is -0.00699. The van der Waals surface area contributed by atoms with Gasteiger partial charge in [0.25, 0.3) is 5.56 Å². The molecule has 17 heavy (non-hydrogen) atoms. The van der Waals surface area contributed by atoms with Crippen LogP contribution in [0.25, 0.3) is 10.9 Å². The van der Waals surface area contributed by atoms with Gasteiger partial charge in [-0.1, -0.05) is 32.0 Å². The van der Waals surface area contributed by atoms with Crippen LogP contribution >= 0.6 is 0 Å².